The predicted octanol–water partition coefficient (Wildman–Crippen LogP) is 4.57. The number of hydrogen-bond donors (Lipinski definition) is 1. The van der Waals surface area contributed by atoms with Crippen LogP contribution in [-0.2, 0) is 16.1 Å². The molecule has 1 aliphatic heterocycles. The van der Waals surface area contributed by atoms with E-state index < -0.39 is 7.05 Å². The molecule has 2 atom stereocenters. The van der Waals surface area contributed by atoms with Gasteiger partial charge in [-0.2, -0.15) is 11.8 Å². The van der Waals surface area contributed by atoms with Gasteiger partial charge in [0.2, 0.25) is 0 Å². The van der Waals surface area contributed by atoms with Crippen LogP contribution >= 0.6 is 23.5 Å². The van der Waals surface area contributed by atoms with Crippen molar-refractivity contribution in [1.29, 1.82) is 0 Å². The third-order valence-electron chi connectivity index (χ3n) is 6.52. The first kappa shape index (κ1) is 29.4. The first-order chi connectivity index (χ1) is 16.0. The maximum atomic E-state index is 12.4. The summed E-state index contributed by atoms with van der Waals surface area (Å²) in [5, 5.41) is 10.3. The summed E-state index contributed by atoms with van der Waals surface area (Å²) in [4.78, 5) is 16.6. The van der Waals surface area contributed by atoms with E-state index in [1.807, 2.05) is 31.7 Å². The molecular formula is C25H43BN2O4S2. The van der Waals surface area contributed by atoms with Crippen LogP contribution in [0.1, 0.15) is 57.6 Å². The molecule has 2 rings (SSSR count). The van der Waals surface area contributed by atoms with E-state index in [4.69, 9.17) is 9.47 Å². The summed E-state index contributed by atoms with van der Waals surface area (Å²) in [7, 11) is 2.97. The van der Waals surface area contributed by atoms with Gasteiger partial charge >= 0.3 is 13.0 Å². The molecule has 1 aliphatic rings. The first-order valence-electron chi connectivity index (χ1n) is 12.1. The van der Waals surface area contributed by atoms with E-state index in [2.05, 4.69) is 55.8 Å². The van der Waals surface area contributed by atoms with Gasteiger partial charge in [-0.15, -0.1) is 11.8 Å². The van der Waals surface area contributed by atoms with Crippen molar-refractivity contribution in [1.82, 2.24) is 9.71 Å². The molecule has 1 aromatic rings. The maximum Gasteiger partial charge on any atom is 0.377 e. The minimum atomic E-state index is -0.476. The van der Waals surface area contributed by atoms with Crippen molar-refractivity contribution in [3.05, 3.63) is 29.3 Å². The lowest BCUT2D eigenvalue weighted by Gasteiger charge is -2.35. The van der Waals surface area contributed by atoms with Crippen LogP contribution in [0.3, 0.4) is 0 Å². The second kappa shape index (κ2) is 13.4. The Morgan fingerprint density at radius 3 is 2.71 bits per heavy atom. The van der Waals surface area contributed by atoms with Crippen LogP contribution in [0.15, 0.2) is 18.2 Å². The number of rotatable bonds is 13. The topological polar surface area (TPSA) is 62.2 Å². The molecule has 1 fully saturated rings. The number of esters is 1. The van der Waals surface area contributed by atoms with Gasteiger partial charge in [0.05, 0.1) is 18.6 Å². The molecule has 192 valence electrons. The van der Waals surface area contributed by atoms with Gasteiger partial charge in [0.1, 0.15) is 11.8 Å². The number of methoxy groups -OCH3 is 1. The Hall–Kier alpha value is -0.865. The normalized spacial score (nSPS) is 19.0. The summed E-state index contributed by atoms with van der Waals surface area (Å²) >= 11 is 3.62. The summed E-state index contributed by atoms with van der Waals surface area (Å²) in [6.07, 6.45) is 3.67. The minimum Gasteiger partial charge on any atom is -0.494 e. The van der Waals surface area contributed by atoms with Crippen LogP contribution in [0.4, 0.5) is 0 Å². The molecule has 6 nitrogen and oxygen atoms in total. The molecule has 2 unspecified atom stereocenters. The van der Waals surface area contributed by atoms with Crippen molar-refractivity contribution in [3.63, 3.8) is 0 Å². The standard InChI is InChI=1S/C25H43BN2O4S2/c1-18(2)22-10-9-21(32-13-11-20-17-34-25(3,4)28(20)26(5)30)15-19(22)16-27(6)23(12-14-33-8)24(29)31-7/h9-10,15,18,20,23,30H,11-14,16-17H2,1-8H3. The average molecular weight is 511 g/mol. The Morgan fingerprint density at radius 2 is 2.12 bits per heavy atom. The van der Waals surface area contributed by atoms with Crippen molar-refractivity contribution >= 4 is 36.5 Å². The second-order valence-corrected chi connectivity index (χ2v) is 12.4. The van der Waals surface area contributed by atoms with Crippen LogP contribution in [0.2, 0.25) is 6.82 Å². The molecule has 0 radical (unpaired) electrons. The third-order valence-corrected chi connectivity index (χ3v) is 8.64. The molecule has 1 heterocycles. The lowest BCUT2D eigenvalue weighted by molar-refractivity contribution is -0.146. The van der Waals surface area contributed by atoms with Crippen LogP contribution in [0, 0.1) is 0 Å². The highest BCUT2D eigenvalue weighted by atomic mass is 32.2. The van der Waals surface area contributed by atoms with Crippen LogP contribution < -0.4 is 4.74 Å². The number of carbonyl (C=O) groups is 1. The van der Waals surface area contributed by atoms with E-state index >= 15 is 0 Å². The average Bonchev–Trinajstić information content (AvgIpc) is 3.07. The molecule has 0 amide bonds. The summed E-state index contributed by atoms with van der Waals surface area (Å²) in [6, 6.07) is 6.34. The molecule has 34 heavy (non-hydrogen) atoms. The Kier molecular flexibility index (Phi) is 11.6. The lowest BCUT2D eigenvalue weighted by Crippen LogP contribution is -2.51. The predicted molar refractivity (Wildman–Crippen MR) is 147 cm³/mol. The van der Waals surface area contributed by atoms with Gasteiger partial charge < -0.3 is 19.3 Å². The Labute approximate surface area is 215 Å². The molecule has 0 aromatic heterocycles. The number of hydrogen-bond acceptors (Lipinski definition) is 8. The maximum absolute atomic E-state index is 12.4. The zero-order valence-corrected chi connectivity index (χ0v) is 23.8. The van der Waals surface area contributed by atoms with Crippen molar-refractivity contribution in [3.8, 4) is 5.75 Å². The van der Waals surface area contributed by atoms with Gasteiger partial charge in [0, 0.05) is 18.3 Å². The molecule has 1 aromatic carbocycles. The van der Waals surface area contributed by atoms with E-state index in [0.717, 1.165) is 30.1 Å². The first-order valence-corrected chi connectivity index (χ1v) is 14.5. The summed E-state index contributed by atoms with van der Waals surface area (Å²) < 4.78 is 11.3. The number of nitrogens with zero attached hydrogens (tertiary/aromatic N) is 2. The smallest absolute Gasteiger partial charge is 0.377 e. The number of benzene rings is 1. The van der Waals surface area contributed by atoms with Crippen LogP contribution in [0.25, 0.3) is 0 Å². The fourth-order valence-corrected chi connectivity index (χ4v) is 6.66. The molecule has 0 spiro atoms. The Bertz CT molecular complexity index is 794. The molecular weight excluding hydrogens is 467 g/mol. The molecule has 0 bridgehead atoms. The fraction of sp³-hybridized carbons (Fsp3) is 0.720. The van der Waals surface area contributed by atoms with E-state index in [-0.39, 0.29) is 22.9 Å². The quantitative estimate of drug-likeness (QED) is 0.306. The zero-order valence-electron chi connectivity index (χ0n) is 22.2. The van der Waals surface area contributed by atoms with Gasteiger partial charge in [-0.3, -0.25) is 9.69 Å². The van der Waals surface area contributed by atoms with Gasteiger partial charge in [0.15, 0.2) is 0 Å². The van der Waals surface area contributed by atoms with Crippen LogP contribution in [0.5, 0.6) is 5.75 Å². The van der Waals surface area contributed by atoms with Gasteiger partial charge in [-0.05, 0) is 81.7 Å². The van der Waals surface area contributed by atoms with Crippen molar-refractivity contribution in [2.24, 2.45) is 0 Å². The monoisotopic (exact) mass is 510 g/mol. The van der Waals surface area contributed by atoms with E-state index in [1.54, 1.807) is 11.8 Å². The molecule has 1 N–H and O–H groups in total. The SMILES string of the molecule is COC(=O)C(CCSC)N(C)Cc1cc(OCCC2CSC(C)(C)N2B(C)O)ccc1C(C)C. The fourth-order valence-electron chi connectivity index (χ4n) is 4.82. The van der Waals surface area contributed by atoms with E-state index in [0.29, 0.717) is 19.1 Å². The van der Waals surface area contributed by atoms with Gasteiger partial charge in [-0.1, -0.05) is 19.9 Å². The summed E-state index contributed by atoms with van der Waals surface area (Å²) in [5.41, 5.74) is 2.44. The lowest BCUT2D eigenvalue weighted by atomic mass is 9.81. The third kappa shape index (κ3) is 7.82. The zero-order chi connectivity index (χ0) is 25.5. The second-order valence-electron chi connectivity index (χ2n) is 9.84. The highest BCUT2D eigenvalue weighted by Gasteiger charge is 2.43. The Morgan fingerprint density at radius 1 is 1.41 bits per heavy atom. The highest BCUT2D eigenvalue weighted by Crippen LogP contribution is 2.40. The molecule has 0 saturated carbocycles. The molecule has 9 heteroatoms. The van der Waals surface area contributed by atoms with Crippen LogP contribution in [-0.4, -0.2) is 83.2 Å². The highest BCUT2D eigenvalue weighted by molar-refractivity contribution is 8.00. The van der Waals surface area contributed by atoms with Crippen molar-refractivity contribution in [2.45, 2.75) is 76.8 Å². The number of carbonyl (C=O) groups excluding carboxylic acids is 1. The van der Waals surface area contributed by atoms with Crippen molar-refractivity contribution < 1.29 is 19.3 Å². The van der Waals surface area contributed by atoms with E-state index in [9.17, 15) is 9.82 Å². The molecule has 1 saturated heterocycles. The minimum absolute atomic E-state index is 0.0675. The summed E-state index contributed by atoms with van der Waals surface area (Å²) in [5.74, 6) is 2.94. The van der Waals surface area contributed by atoms with Crippen molar-refractivity contribution in [2.75, 3.05) is 38.5 Å². The van der Waals surface area contributed by atoms with Gasteiger partial charge in [-0.25, -0.2) is 0 Å². The van der Waals surface area contributed by atoms with E-state index in [1.165, 1.54) is 18.2 Å². The number of thioether (sulfide) groups is 2. The van der Waals surface area contributed by atoms with Gasteiger partial charge in [0.25, 0.3) is 0 Å². The largest absolute Gasteiger partial charge is 0.494 e. The number of likely N-dealkylation sites (N-methyl/N-ethyl adjacent to an activating group) is 1. The number of ether oxygens (including phenoxy) is 2. The molecule has 0 aliphatic carbocycles. The Balaban J connectivity index is 2.10. The summed E-state index contributed by atoms with van der Waals surface area (Å²) in [6.45, 7) is 11.8.